The van der Waals surface area contributed by atoms with E-state index in [0.717, 1.165) is 22.3 Å². The van der Waals surface area contributed by atoms with Crippen LogP contribution in [0.15, 0.2) is 64.2 Å². The molecular formula is C25H34FNO5. The number of allylic oxidation sites excluding steroid dienone is 5. The fourth-order valence-corrected chi connectivity index (χ4v) is 2.72. The first-order chi connectivity index (χ1) is 15.4. The SMILES string of the molecule is CC\N=C/C(=C\C=C(\C=C(\COOCC)C(C)OC)CCC(=O)O)Cc1ccc(F)cc1. The molecule has 176 valence electrons. The van der Waals surface area contributed by atoms with E-state index in [9.17, 15) is 9.18 Å². The summed E-state index contributed by atoms with van der Waals surface area (Å²) in [6.07, 6.45) is 8.15. The second-order valence-electron chi connectivity index (χ2n) is 7.07. The van der Waals surface area contributed by atoms with Gasteiger partial charge >= 0.3 is 5.97 Å². The van der Waals surface area contributed by atoms with Crippen molar-refractivity contribution in [3.05, 3.63) is 70.6 Å². The van der Waals surface area contributed by atoms with Crippen molar-refractivity contribution < 1.29 is 28.8 Å². The van der Waals surface area contributed by atoms with Crippen molar-refractivity contribution in [3.8, 4) is 0 Å². The minimum Gasteiger partial charge on any atom is -0.481 e. The lowest BCUT2D eigenvalue weighted by molar-refractivity contribution is -0.285. The molecule has 1 aromatic carbocycles. The van der Waals surface area contributed by atoms with Gasteiger partial charge in [-0.25, -0.2) is 14.2 Å². The number of carbonyl (C=O) groups is 1. The highest BCUT2D eigenvalue weighted by atomic mass is 19.1. The average molecular weight is 448 g/mol. The highest BCUT2D eigenvalue weighted by Crippen LogP contribution is 2.17. The molecular weight excluding hydrogens is 413 g/mol. The monoisotopic (exact) mass is 447 g/mol. The summed E-state index contributed by atoms with van der Waals surface area (Å²) in [5.41, 5.74) is 3.52. The topological polar surface area (TPSA) is 77.3 Å². The summed E-state index contributed by atoms with van der Waals surface area (Å²) >= 11 is 0. The molecule has 1 aromatic rings. The second kappa shape index (κ2) is 16.1. The summed E-state index contributed by atoms with van der Waals surface area (Å²) in [7, 11) is 1.60. The van der Waals surface area contributed by atoms with Crippen LogP contribution in [0.1, 0.15) is 39.2 Å². The number of benzene rings is 1. The van der Waals surface area contributed by atoms with Crippen molar-refractivity contribution in [3.63, 3.8) is 0 Å². The van der Waals surface area contributed by atoms with E-state index in [4.69, 9.17) is 19.6 Å². The van der Waals surface area contributed by atoms with Crippen LogP contribution in [0.5, 0.6) is 0 Å². The molecule has 0 aliphatic carbocycles. The molecule has 0 fully saturated rings. The number of hydrogen-bond acceptors (Lipinski definition) is 5. The van der Waals surface area contributed by atoms with Gasteiger partial charge in [-0.2, -0.15) is 0 Å². The molecule has 0 aromatic heterocycles. The fraction of sp³-hybridized carbons (Fsp3) is 0.440. The molecule has 1 unspecified atom stereocenters. The zero-order valence-electron chi connectivity index (χ0n) is 19.3. The Morgan fingerprint density at radius 2 is 1.81 bits per heavy atom. The minimum atomic E-state index is -0.876. The van der Waals surface area contributed by atoms with Crippen molar-refractivity contribution >= 4 is 12.2 Å². The summed E-state index contributed by atoms with van der Waals surface area (Å²) in [4.78, 5) is 25.7. The zero-order valence-corrected chi connectivity index (χ0v) is 19.3. The third-order valence-corrected chi connectivity index (χ3v) is 4.57. The molecule has 0 saturated carbocycles. The van der Waals surface area contributed by atoms with E-state index >= 15 is 0 Å². The Kier molecular flexibility index (Phi) is 13.8. The van der Waals surface area contributed by atoms with Gasteiger partial charge in [0.1, 0.15) is 12.4 Å². The Labute approximate surface area is 190 Å². The number of ether oxygens (including phenoxy) is 1. The molecule has 1 atom stereocenters. The van der Waals surface area contributed by atoms with E-state index in [-0.39, 0.29) is 24.9 Å². The zero-order chi connectivity index (χ0) is 23.8. The van der Waals surface area contributed by atoms with Gasteiger partial charge in [-0.3, -0.25) is 9.79 Å². The van der Waals surface area contributed by atoms with Crippen LogP contribution in [0.25, 0.3) is 0 Å². The molecule has 1 N–H and O–H groups in total. The highest BCUT2D eigenvalue weighted by molar-refractivity contribution is 5.79. The molecule has 32 heavy (non-hydrogen) atoms. The average Bonchev–Trinajstić information content (AvgIpc) is 2.78. The number of carboxylic acid groups (broad SMARTS) is 1. The minimum absolute atomic E-state index is 0.00647. The Hall–Kier alpha value is -2.61. The lowest BCUT2D eigenvalue weighted by atomic mass is 10.0. The first kappa shape index (κ1) is 27.4. The van der Waals surface area contributed by atoms with E-state index in [1.165, 1.54) is 12.1 Å². The van der Waals surface area contributed by atoms with Gasteiger partial charge in [0.2, 0.25) is 0 Å². The van der Waals surface area contributed by atoms with Crippen molar-refractivity contribution in [1.29, 1.82) is 0 Å². The number of nitrogens with zero attached hydrogens (tertiary/aromatic N) is 1. The normalized spacial score (nSPS) is 14.2. The maximum Gasteiger partial charge on any atom is 0.303 e. The Morgan fingerprint density at radius 1 is 1.12 bits per heavy atom. The predicted octanol–water partition coefficient (Wildman–Crippen LogP) is 5.11. The van der Waals surface area contributed by atoms with Gasteiger partial charge in [0.05, 0.1) is 12.7 Å². The molecule has 0 aliphatic heterocycles. The lowest BCUT2D eigenvalue weighted by Gasteiger charge is -2.15. The van der Waals surface area contributed by atoms with Gasteiger partial charge in [0.25, 0.3) is 0 Å². The summed E-state index contributed by atoms with van der Waals surface area (Å²) < 4.78 is 18.6. The molecule has 0 radical (unpaired) electrons. The molecule has 0 bridgehead atoms. The summed E-state index contributed by atoms with van der Waals surface area (Å²) in [5, 5.41) is 9.15. The molecule has 0 saturated heterocycles. The predicted molar refractivity (Wildman–Crippen MR) is 124 cm³/mol. The van der Waals surface area contributed by atoms with E-state index < -0.39 is 5.97 Å². The summed E-state index contributed by atoms with van der Waals surface area (Å²) in [6.45, 7) is 6.92. The first-order valence-corrected chi connectivity index (χ1v) is 10.7. The smallest absolute Gasteiger partial charge is 0.303 e. The van der Waals surface area contributed by atoms with Crippen molar-refractivity contribution in [2.75, 3.05) is 26.9 Å². The Morgan fingerprint density at radius 3 is 2.41 bits per heavy atom. The summed E-state index contributed by atoms with van der Waals surface area (Å²) in [6, 6.07) is 6.33. The van der Waals surface area contributed by atoms with Gasteiger partial charge in [0.15, 0.2) is 0 Å². The fourth-order valence-electron chi connectivity index (χ4n) is 2.72. The van der Waals surface area contributed by atoms with Crippen LogP contribution in [0, 0.1) is 5.82 Å². The molecule has 6 nitrogen and oxygen atoms in total. The third kappa shape index (κ3) is 11.7. The van der Waals surface area contributed by atoms with Crippen LogP contribution in [0.2, 0.25) is 0 Å². The van der Waals surface area contributed by atoms with Gasteiger partial charge in [0, 0.05) is 26.3 Å². The Balaban J connectivity index is 3.24. The number of hydrogen-bond donors (Lipinski definition) is 1. The Bertz CT molecular complexity index is 812. The van der Waals surface area contributed by atoms with Crippen LogP contribution in [0.4, 0.5) is 4.39 Å². The molecule has 7 heteroatoms. The first-order valence-electron chi connectivity index (χ1n) is 10.7. The maximum atomic E-state index is 13.2. The number of carboxylic acids is 1. The number of aliphatic imine (C=N–C) groups is 1. The maximum absolute atomic E-state index is 13.2. The van der Waals surface area contributed by atoms with Crippen LogP contribution in [-0.4, -0.2) is 50.3 Å². The lowest BCUT2D eigenvalue weighted by Crippen LogP contribution is -2.14. The standard InChI is InChI=1S/C25H34FNO5/c1-5-27-17-22(15-20-9-12-24(26)13-10-20)8-7-21(11-14-25(28)29)16-23(19(3)30-4)18-32-31-6-2/h7-10,12-13,16-17,19H,5-6,11,14-15,18H2,1-4H3,(H,28,29)/b21-7+,22-8-,23-16-,27-17-. The van der Waals surface area contributed by atoms with Gasteiger partial charge in [-0.05, 0) is 68.0 Å². The van der Waals surface area contributed by atoms with Crippen LogP contribution in [0.3, 0.4) is 0 Å². The van der Waals surface area contributed by atoms with Crippen molar-refractivity contribution in [1.82, 2.24) is 0 Å². The van der Waals surface area contributed by atoms with E-state index in [1.54, 1.807) is 25.5 Å². The van der Waals surface area contributed by atoms with E-state index in [2.05, 4.69) is 4.99 Å². The molecule has 0 amide bonds. The number of halogens is 1. The number of rotatable bonds is 15. The van der Waals surface area contributed by atoms with Crippen molar-refractivity contribution in [2.45, 2.75) is 46.1 Å². The molecule has 0 aliphatic rings. The van der Waals surface area contributed by atoms with Crippen LogP contribution >= 0.6 is 0 Å². The third-order valence-electron chi connectivity index (χ3n) is 4.57. The second-order valence-corrected chi connectivity index (χ2v) is 7.07. The van der Waals surface area contributed by atoms with Crippen LogP contribution in [-0.2, 0) is 25.7 Å². The molecule has 0 spiro atoms. The van der Waals surface area contributed by atoms with Crippen molar-refractivity contribution in [2.24, 2.45) is 4.99 Å². The van der Waals surface area contributed by atoms with Gasteiger partial charge < -0.3 is 9.84 Å². The van der Waals surface area contributed by atoms with Gasteiger partial charge in [-0.1, -0.05) is 30.4 Å². The quantitative estimate of drug-likeness (QED) is 0.133. The number of aliphatic carboxylic acids is 1. The summed E-state index contributed by atoms with van der Waals surface area (Å²) in [5.74, 6) is -1.16. The van der Waals surface area contributed by atoms with E-state index in [0.29, 0.717) is 26.0 Å². The largest absolute Gasteiger partial charge is 0.481 e. The number of methoxy groups -OCH3 is 1. The van der Waals surface area contributed by atoms with Crippen LogP contribution < -0.4 is 0 Å². The van der Waals surface area contributed by atoms with Gasteiger partial charge in [-0.15, -0.1) is 0 Å². The molecule has 0 heterocycles. The van der Waals surface area contributed by atoms with E-state index in [1.807, 2.05) is 39.0 Å². The molecule has 1 rings (SSSR count). The highest BCUT2D eigenvalue weighted by Gasteiger charge is 2.11.